The van der Waals surface area contributed by atoms with Crippen molar-refractivity contribution in [2.75, 3.05) is 6.61 Å². The van der Waals surface area contributed by atoms with Crippen molar-refractivity contribution in [3.05, 3.63) is 142 Å². The zero-order valence-electron chi connectivity index (χ0n) is 22.7. The fourth-order valence-electron chi connectivity index (χ4n) is 4.65. The number of carbonyl (C=O) groups is 2. The fraction of sp³-hybridized carbons (Fsp3) is 0.200. The summed E-state index contributed by atoms with van der Waals surface area (Å²) >= 11 is 0. The van der Waals surface area contributed by atoms with Gasteiger partial charge in [0.25, 0.3) is 0 Å². The summed E-state index contributed by atoms with van der Waals surface area (Å²) < 4.78 is 17.9. The molecule has 4 aromatic rings. The van der Waals surface area contributed by atoms with Crippen LogP contribution in [-0.2, 0) is 14.2 Å². The van der Waals surface area contributed by atoms with Gasteiger partial charge in [0.1, 0.15) is 18.8 Å². The SMILES string of the molecule is Cc1ccc(C(=O)OC[C@H]2O[C@H](c3cccc(/C=C/c4ccccc4)c3)C[C@@H]2OC(=O)c2ccc(C)cc2)cc1. The van der Waals surface area contributed by atoms with Gasteiger partial charge in [-0.15, -0.1) is 0 Å². The molecule has 1 heterocycles. The molecule has 4 aromatic carbocycles. The van der Waals surface area contributed by atoms with Gasteiger partial charge < -0.3 is 14.2 Å². The molecule has 1 saturated heterocycles. The fourth-order valence-corrected chi connectivity index (χ4v) is 4.65. The van der Waals surface area contributed by atoms with Gasteiger partial charge >= 0.3 is 11.9 Å². The van der Waals surface area contributed by atoms with Crippen LogP contribution in [0.15, 0.2) is 103 Å². The Morgan fingerprint density at radius 3 is 2.02 bits per heavy atom. The Morgan fingerprint density at radius 2 is 1.35 bits per heavy atom. The number of ether oxygens (including phenoxy) is 3. The highest BCUT2D eigenvalue weighted by Gasteiger charge is 2.39. The van der Waals surface area contributed by atoms with Gasteiger partial charge in [-0.25, -0.2) is 9.59 Å². The van der Waals surface area contributed by atoms with Crippen molar-refractivity contribution in [1.82, 2.24) is 0 Å². The van der Waals surface area contributed by atoms with Crippen molar-refractivity contribution in [1.29, 1.82) is 0 Å². The molecule has 5 nitrogen and oxygen atoms in total. The average molecular weight is 533 g/mol. The molecule has 0 saturated carbocycles. The van der Waals surface area contributed by atoms with Gasteiger partial charge in [-0.3, -0.25) is 0 Å². The second-order valence-electron chi connectivity index (χ2n) is 10.1. The Labute approximate surface area is 235 Å². The quantitative estimate of drug-likeness (QED) is 0.175. The molecule has 0 N–H and O–H groups in total. The molecule has 1 fully saturated rings. The lowest BCUT2D eigenvalue weighted by molar-refractivity contribution is -0.0427. The number of hydrogen-bond donors (Lipinski definition) is 0. The van der Waals surface area contributed by atoms with E-state index in [0.717, 1.165) is 27.8 Å². The average Bonchev–Trinajstić information content (AvgIpc) is 3.38. The van der Waals surface area contributed by atoms with Crippen molar-refractivity contribution in [3.63, 3.8) is 0 Å². The van der Waals surface area contributed by atoms with E-state index < -0.39 is 24.1 Å². The van der Waals surface area contributed by atoms with Crippen molar-refractivity contribution >= 4 is 24.1 Å². The summed E-state index contributed by atoms with van der Waals surface area (Å²) in [5.74, 6) is -0.868. The Morgan fingerprint density at radius 1 is 0.750 bits per heavy atom. The van der Waals surface area contributed by atoms with Crippen LogP contribution in [0.5, 0.6) is 0 Å². The normalized spacial score (nSPS) is 18.5. The second-order valence-corrected chi connectivity index (χ2v) is 10.1. The van der Waals surface area contributed by atoms with E-state index in [1.807, 2.05) is 74.5 Å². The first-order valence-electron chi connectivity index (χ1n) is 13.4. The summed E-state index contributed by atoms with van der Waals surface area (Å²) in [5, 5.41) is 0. The third-order valence-electron chi connectivity index (χ3n) is 6.96. The first-order valence-corrected chi connectivity index (χ1v) is 13.4. The van der Waals surface area contributed by atoms with Crippen LogP contribution in [0.25, 0.3) is 12.2 Å². The molecule has 5 rings (SSSR count). The molecule has 0 unspecified atom stereocenters. The maximum absolute atomic E-state index is 13.0. The Balaban J connectivity index is 1.31. The van der Waals surface area contributed by atoms with Crippen molar-refractivity contribution < 1.29 is 23.8 Å². The predicted molar refractivity (Wildman–Crippen MR) is 156 cm³/mol. The molecule has 40 heavy (non-hydrogen) atoms. The van der Waals surface area contributed by atoms with Gasteiger partial charge in [-0.2, -0.15) is 0 Å². The van der Waals surface area contributed by atoms with Crippen LogP contribution in [0.4, 0.5) is 0 Å². The topological polar surface area (TPSA) is 61.8 Å². The molecule has 3 atom stereocenters. The summed E-state index contributed by atoms with van der Waals surface area (Å²) in [6, 6.07) is 32.7. The number of carbonyl (C=O) groups excluding carboxylic acids is 2. The summed E-state index contributed by atoms with van der Waals surface area (Å²) in [5.41, 5.74) is 6.17. The summed E-state index contributed by atoms with van der Waals surface area (Å²) in [6.07, 6.45) is 3.09. The van der Waals surface area contributed by atoms with E-state index in [1.54, 1.807) is 24.3 Å². The summed E-state index contributed by atoms with van der Waals surface area (Å²) in [4.78, 5) is 25.7. The molecule has 1 aliphatic heterocycles. The minimum absolute atomic E-state index is 0.0251. The van der Waals surface area contributed by atoms with Gasteiger partial charge in [0.05, 0.1) is 17.2 Å². The van der Waals surface area contributed by atoms with Crippen molar-refractivity contribution in [3.8, 4) is 0 Å². The highest BCUT2D eigenvalue weighted by atomic mass is 16.6. The largest absolute Gasteiger partial charge is 0.459 e. The van der Waals surface area contributed by atoms with E-state index in [2.05, 4.69) is 30.4 Å². The van der Waals surface area contributed by atoms with E-state index in [9.17, 15) is 9.59 Å². The third-order valence-corrected chi connectivity index (χ3v) is 6.96. The van der Waals surface area contributed by atoms with Gasteiger partial charge in [0.15, 0.2) is 0 Å². The van der Waals surface area contributed by atoms with E-state index in [1.165, 1.54) is 0 Å². The second kappa shape index (κ2) is 12.6. The molecule has 0 radical (unpaired) electrons. The highest BCUT2D eigenvalue weighted by Crippen LogP contribution is 2.36. The smallest absolute Gasteiger partial charge is 0.338 e. The van der Waals surface area contributed by atoms with Crippen molar-refractivity contribution in [2.45, 2.75) is 38.6 Å². The lowest BCUT2D eigenvalue weighted by atomic mass is 10.0. The van der Waals surface area contributed by atoms with Gasteiger partial charge in [0.2, 0.25) is 0 Å². The number of rotatable bonds is 8. The Bertz CT molecular complexity index is 1470. The Kier molecular flexibility index (Phi) is 8.53. The van der Waals surface area contributed by atoms with E-state index in [0.29, 0.717) is 17.5 Å². The summed E-state index contributed by atoms with van der Waals surface area (Å²) in [6.45, 7) is 3.90. The standard InChI is InChI=1S/C35H32O5/c1-24-11-17-28(18-12-24)34(36)38-23-33-32(40-35(37)29-19-13-25(2)14-20-29)22-31(39-33)30-10-6-9-27(21-30)16-15-26-7-4-3-5-8-26/h3-21,31-33H,22-23H2,1-2H3/b16-15+/t31-,32-,33+/m0/s1. The van der Waals surface area contributed by atoms with Gasteiger partial charge in [-0.1, -0.05) is 96.1 Å². The molecule has 0 aliphatic carbocycles. The van der Waals surface area contributed by atoms with Crippen LogP contribution in [0.3, 0.4) is 0 Å². The zero-order valence-corrected chi connectivity index (χ0v) is 22.7. The van der Waals surface area contributed by atoms with Crippen LogP contribution < -0.4 is 0 Å². The van der Waals surface area contributed by atoms with Crippen molar-refractivity contribution in [2.24, 2.45) is 0 Å². The number of aryl methyl sites for hydroxylation is 2. The lowest BCUT2D eigenvalue weighted by Crippen LogP contribution is -2.32. The van der Waals surface area contributed by atoms with Crippen LogP contribution >= 0.6 is 0 Å². The lowest BCUT2D eigenvalue weighted by Gasteiger charge is -2.19. The third kappa shape index (κ3) is 6.93. The molecular weight excluding hydrogens is 500 g/mol. The molecule has 0 aromatic heterocycles. The predicted octanol–water partition coefficient (Wildman–Crippen LogP) is 7.39. The molecule has 0 spiro atoms. The minimum atomic E-state index is -0.600. The number of hydrogen-bond acceptors (Lipinski definition) is 5. The number of esters is 2. The van der Waals surface area contributed by atoms with Crippen LogP contribution in [-0.4, -0.2) is 30.8 Å². The zero-order chi connectivity index (χ0) is 27.9. The Hall–Kier alpha value is -4.48. The monoisotopic (exact) mass is 532 g/mol. The summed E-state index contributed by atoms with van der Waals surface area (Å²) in [7, 11) is 0. The van der Waals surface area contributed by atoms with Crippen LogP contribution in [0.2, 0.25) is 0 Å². The molecule has 0 amide bonds. The first kappa shape index (κ1) is 27.1. The minimum Gasteiger partial charge on any atom is -0.459 e. The van der Waals surface area contributed by atoms with Crippen LogP contribution in [0.1, 0.15) is 61.1 Å². The first-order chi connectivity index (χ1) is 19.4. The van der Waals surface area contributed by atoms with E-state index in [-0.39, 0.29) is 12.7 Å². The molecule has 5 heteroatoms. The van der Waals surface area contributed by atoms with Crippen LogP contribution in [0, 0.1) is 13.8 Å². The number of benzene rings is 4. The molecular formula is C35H32O5. The van der Waals surface area contributed by atoms with E-state index >= 15 is 0 Å². The maximum atomic E-state index is 13.0. The molecule has 0 bridgehead atoms. The highest BCUT2D eigenvalue weighted by molar-refractivity contribution is 5.90. The molecule has 202 valence electrons. The van der Waals surface area contributed by atoms with Gasteiger partial charge in [-0.05, 0) is 60.9 Å². The molecule has 1 aliphatic rings. The maximum Gasteiger partial charge on any atom is 0.338 e. The van der Waals surface area contributed by atoms with E-state index in [4.69, 9.17) is 14.2 Å². The van der Waals surface area contributed by atoms with Gasteiger partial charge in [0, 0.05) is 6.42 Å².